The van der Waals surface area contributed by atoms with E-state index in [2.05, 4.69) is 0 Å². The zero-order chi connectivity index (χ0) is 14.8. The Kier molecular flexibility index (Phi) is 4.42. The molecule has 2 rings (SSSR count). The van der Waals surface area contributed by atoms with Gasteiger partial charge in [0, 0.05) is 24.9 Å². The lowest BCUT2D eigenvalue weighted by Gasteiger charge is -2.32. The van der Waals surface area contributed by atoms with E-state index < -0.39 is 9.84 Å². The summed E-state index contributed by atoms with van der Waals surface area (Å²) in [5.41, 5.74) is 0.325. The van der Waals surface area contributed by atoms with Crippen molar-refractivity contribution < 1.29 is 23.1 Å². The number of nitrogens with zero attached hydrogens (tertiary/aromatic N) is 1. The lowest BCUT2D eigenvalue weighted by atomic mass is 10.1. The van der Waals surface area contributed by atoms with Crippen LogP contribution < -0.4 is 0 Å². The van der Waals surface area contributed by atoms with E-state index in [4.69, 9.17) is 9.84 Å². The first-order valence-corrected chi connectivity index (χ1v) is 8.13. The van der Waals surface area contributed by atoms with E-state index >= 15 is 0 Å². The predicted molar refractivity (Wildman–Crippen MR) is 72.3 cm³/mol. The fourth-order valence-corrected chi connectivity index (χ4v) is 2.72. The van der Waals surface area contributed by atoms with E-state index in [0.29, 0.717) is 25.3 Å². The van der Waals surface area contributed by atoms with Gasteiger partial charge in [-0.25, -0.2) is 8.42 Å². The Morgan fingerprint density at radius 3 is 2.90 bits per heavy atom. The minimum atomic E-state index is -3.34. The minimum absolute atomic E-state index is 0.121. The molecule has 6 nitrogen and oxygen atoms in total. The Bertz CT molecular complexity index is 599. The fraction of sp³-hybridized carbons (Fsp3) is 0.462. The number of ether oxygens (including phenoxy) is 1. The van der Waals surface area contributed by atoms with Crippen LogP contribution in [0.25, 0.3) is 0 Å². The van der Waals surface area contributed by atoms with Gasteiger partial charge in [0.2, 0.25) is 0 Å². The van der Waals surface area contributed by atoms with E-state index in [-0.39, 0.29) is 23.5 Å². The Morgan fingerprint density at radius 1 is 1.50 bits per heavy atom. The lowest BCUT2D eigenvalue weighted by molar-refractivity contribution is -0.0447. The van der Waals surface area contributed by atoms with Crippen LogP contribution in [0.15, 0.2) is 29.2 Å². The molecule has 0 saturated carbocycles. The third kappa shape index (κ3) is 3.36. The molecule has 0 radical (unpaired) electrons. The smallest absolute Gasteiger partial charge is 0.254 e. The maximum Gasteiger partial charge on any atom is 0.254 e. The van der Waals surface area contributed by atoms with Crippen LogP contribution in [-0.4, -0.2) is 63.0 Å². The average molecular weight is 299 g/mol. The maximum absolute atomic E-state index is 12.3. The second-order valence-corrected chi connectivity index (χ2v) is 6.74. The Morgan fingerprint density at radius 2 is 2.25 bits per heavy atom. The molecule has 1 heterocycles. The van der Waals surface area contributed by atoms with Crippen molar-refractivity contribution in [2.75, 3.05) is 32.6 Å². The zero-order valence-electron chi connectivity index (χ0n) is 11.2. The van der Waals surface area contributed by atoms with Crippen molar-refractivity contribution in [3.05, 3.63) is 29.8 Å². The van der Waals surface area contributed by atoms with Crippen LogP contribution in [0, 0.1) is 0 Å². The van der Waals surface area contributed by atoms with Gasteiger partial charge in [-0.2, -0.15) is 0 Å². The van der Waals surface area contributed by atoms with E-state index in [1.165, 1.54) is 12.1 Å². The summed E-state index contributed by atoms with van der Waals surface area (Å²) in [6.07, 6.45) is 0.721. The van der Waals surface area contributed by atoms with E-state index in [0.717, 1.165) is 6.26 Å². The molecular formula is C13H17NO5S. The number of carbonyl (C=O) groups is 1. The SMILES string of the molecule is CS(=O)(=O)c1cccc(C(=O)N2CCOC(CO)C2)c1. The van der Waals surface area contributed by atoms with Gasteiger partial charge in [-0.3, -0.25) is 4.79 Å². The van der Waals surface area contributed by atoms with Crippen LogP contribution >= 0.6 is 0 Å². The van der Waals surface area contributed by atoms with Crippen molar-refractivity contribution in [1.82, 2.24) is 4.90 Å². The Labute approximate surface area is 117 Å². The van der Waals surface area contributed by atoms with Crippen molar-refractivity contribution in [3.63, 3.8) is 0 Å². The predicted octanol–water partition coefficient (Wildman–Crippen LogP) is -0.0766. The van der Waals surface area contributed by atoms with Crippen molar-refractivity contribution >= 4 is 15.7 Å². The Hall–Kier alpha value is -1.44. The molecule has 1 aliphatic rings. The molecule has 1 saturated heterocycles. The summed E-state index contributed by atoms with van der Waals surface area (Å²) in [6, 6.07) is 5.97. The largest absolute Gasteiger partial charge is 0.394 e. The highest BCUT2D eigenvalue weighted by molar-refractivity contribution is 7.90. The quantitative estimate of drug-likeness (QED) is 0.844. The fourth-order valence-electron chi connectivity index (χ4n) is 2.06. The molecule has 1 N–H and O–H groups in total. The summed E-state index contributed by atoms with van der Waals surface area (Å²) >= 11 is 0. The third-order valence-corrected chi connectivity index (χ3v) is 4.25. The molecule has 0 bridgehead atoms. The molecule has 1 aromatic carbocycles. The van der Waals surface area contributed by atoms with E-state index in [1.807, 2.05) is 0 Å². The van der Waals surface area contributed by atoms with Crippen LogP contribution in [0.4, 0.5) is 0 Å². The molecule has 1 unspecified atom stereocenters. The first-order chi connectivity index (χ1) is 9.41. The molecule has 1 aliphatic heterocycles. The summed E-state index contributed by atoms with van der Waals surface area (Å²) in [5, 5.41) is 9.07. The number of aliphatic hydroxyl groups excluding tert-OH is 1. The van der Waals surface area contributed by atoms with Crippen molar-refractivity contribution in [3.8, 4) is 0 Å². The molecule has 20 heavy (non-hydrogen) atoms. The highest BCUT2D eigenvalue weighted by Crippen LogP contribution is 2.15. The molecule has 1 amide bonds. The number of hydrogen-bond acceptors (Lipinski definition) is 5. The highest BCUT2D eigenvalue weighted by Gasteiger charge is 2.25. The highest BCUT2D eigenvalue weighted by atomic mass is 32.2. The summed E-state index contributed by atoms with van der Waals surface area (Å²) in [5.74, 6) is -0.253. The van der Waals surface area contributed by atoms with Gasteiger partial charge in [0.15, 0.2) is 9.84 Å². The average Bonchev–Trinajstić information content (AvgIpc) is 2.46. The number of sulfone groups is 1. The van der Waals surface area contributed by atoms with E-state index in [9.17, 15) is 13.2 Å². The zero-order valence-corrected chi connectivity index (χ0v) is 12.0. The third-order valence-electron chi connectivity index (χ3n) is 3.14. The van der Waals surface area contributed by atoms with Crippen molar-refractivity contribution in [2.45, 2.75) is 11.0 Å². The topological polar surface area (TPSA) is 83.9 Å². The first-order valence-electron chi connectivity index (χ1n) is 6.23. The Balaban J connectivity index is 2.21. The molecular weight excluding hydrogens is 282 g/mol. The number of hydrogen-bond donors (Lipinski definition) is 1. The maximum atomic E-state index is 12.3. The van der Waals surface area contributed by atoms with Crippen LogP contribution in [0.2, 0.25) is 0 Å². The van der Waals surface area contributed by atoms with Crippen molar-refractivity contribution in [1.29, 1.82) is 0 Å². The molecule has 1 aromatic rings. The van der Waals surface area contributed by atoms with Crippen molar-refractivity contribution in [2.24, 2.45) is 0 Å². The van der Waals surface area contributed by atoms with Gasteiger partial charge in [-0.1, -0.05) is 6.07 Å². The van der Waals surface area contributed by atoms with Gasteiger partial charge in [0.1, 0.15) is 0 Å². The molecule has 0 aliphatic carbocycles. The molecule has 110 valence electrons. The summed E-state index contributed by atoms with van der Waals surface area (Å²) in [4.78, 5) is 14.0. The summed E-state index contributed by atoms with van der Waals surface area (Å²) < 4.78 is 28.3. The molecule has 1 atom stereocenters. The monoisotopic (exact) mass is 299 g/mol. The van der Waals surface area contributed by atoms with Crippen LogP contribution in [0.1, 0.15) is 10.4 Å². The minimum Gasteiger partial charge on any atom is -0.394 e. The second-order valence-electron chi connectivity index (χ2n) is 4.73. The first kappa shape index (κ1) is 15.0. The lowest BCUT2D eigenvalue weighted by Crippen LogP contribution is -2.46. The number of carbonyl (C=O) groups excluding carboxylic acids is 1. The number of aliphatic hydroxyl groups is 1. The van der Waals surface area contributed by atoms with Crippen LogP contribution in [-0.2, 0) is 14.6 Å². The molecule has 7 heteroatoms. The van der Waals surface area contributed by atoms with Gasteiger partial charge in [0.05, 0.1) is 24.2 Å². The van der Waals surface area contributed by atoms with Gasteiger partial charge in [0.25, 0.3) is 5.91 Å². The molecule has 0 aromatic heterocycles. The number of morpholine rings is 1. The van der Waals surface area contributed by atoms with E-state index in [1.54, 1.807) is 17.0 Å². The van der Waals surface area contributed by atoms with Gasteiger partial charge >= 0.3 is 0 Å². The number of benzene rings is 1. The van der Waals surface area contributed by atoms with Gasteiger partial charge in [-0.15, -0.1) is 0 Å². The van der Waals surface area contributed by atoms with Gasteiger partial charge < -0.3 is 14.7 Å². The molecule has 0 spiro atoms. The van der Waals surface area contributed by atoms with Crippen LogP contribution in [0.5, 0.6) is 0 Å². The number of rotatable bonds is 3. The van der Waals surface area contributed by atoms with Gasteiger partial charge in [-0.05, 0) is 18.2 Å². The molecule has 1 fully saturated rings. The summed E-state index contributed by atoms with van der Waals surface area (Å²) in [7, 11) is -3.34. The summed E-state index contributed by atoms with van der Waals surface area (Å²) in [6.45, 7) is 0.951. The standard InChI is InChI=1S/C13H17NO5S/c1-20(17,18)12-4-2-3-10(7-12)13(16)14-5-6-19-11(8-14)9-15/h2-4,7,11,15H,5-6,8-9H2,1H3. The second kappa shape index (κ2) is 5.90. The van der Waals surface area contributed by atoms with Crippen LogP contribution in [0.3, 0.4) is 0 Å². The normalized spacial score (nSPS) is 19.9. The number of amides is 1.